The number of benzene rings is 1. The second-order valence-corrected chi connectivity index (χ2v) is 8.92. The maximum Gasteiger partial charge on any atom is 0.325 e. The highest BCUT2D eigenvalue weighted by molar-refractivity contribution is 7.98. The molecule has 4 unspecified atom stereocenters. The number of nitrogens with one attached hydrogen (secondary N) is 3. The predicted molar refractivity (Wildman–Crippen MR) is 125 cm³/mol. The van der Waals surface area contributed by atoms with Crippen molar-refractivity contribution in [3.05, 3.63) is 35.9 Å². The van der Waals surface area contributed by atoms with E-state index in [0.717, 1.165) is 5.56 Å². The Morgan fingerprint density at radius 1 is 0.969 bits per heavy atom. The van der Waals surface area contributed by atoms with Gasteiger partial charge in [0.2, 0.25) is 17.7 Å². The minimum Gasteiger partial charge on any atom is -0.480 e. The van der Waals surface area contributed by atoms with Gasteiger partial charge in [-0.1, -0.05) is 44.2 Å². The molecule has 3 amide bonds. The van der Waals surface area contributed by atoms with Gasteiger partial charge in [0.1, 0.15) is 18.1 Å². The Hall–Kier alpha value is -2.59. The summed E-state index contributed by atoms with van der Waals surface area (Å²) < 4.78 is 0. The third-order valence-corrected chi connectivity index (χ3v) is 5.51. The summed E-state index contributed by atoms with van der Waals surface area (Å²) >= 11 is 1.57. The summed E-state index contributed by atoms with van der Waals surface area (Å²) in [6.45, 7) is 4.81. The molecule has 0 saturated heterocycles. The molecule has 0 saturated carbocycles. The van der Waals surface area contributed by atoms with Crippen molar-refractivity contribution in [3.8, 4) is 0 Å². The number of hydrogen-bond acceptors (Lipinski definition) is 6. The topological polar surface area (TPSA) is 151 Å². The Morgan fingerprint density at radius 3 is 2.12 bits per heavy atom. The fourth-order valence-electron chi connectivity index (χ4n) is 2.87. The van der Waals surface area contributed by atoms with Gasteiger partial charge in [0.05, 0.1) is 6.04 Å². The molecule has 0 aliphatic rings. The van der Waals surface area contributed by atoms with Gasteiger partial charge in [-0.25, -0.2) is 0 Å². The average molecular weight is 467 g/mol. The lowest BCUT2D eigenvalue weighted by Gasteiger charge is -2.26. The van der Waals surface area contributed by atoms with Gasteiger partial charge < -0.3 is 26.8 Å². The molecule has 0 spiro atoms. The Bertz CT molecular complexity index is 775. The minimum atomic E-state index is -1.18. The van der Waals surface area contributed by atoms with Crippen LogP contribution in [-0.2, 0) is 25.6 Å². The minimum absolute atomic E-state index is 0.214. The van der Waals surface area contributed by atoms with Crippen molar-refractivity contribution in [2.75, 3.05) is 12.0 Å². The van der Waals surface area contributed by atoms with E-state index in [1.165, 1.54) is 6.92 Å². The molecule has 1 aromatic rings. The molecule has 1 rings (SSSR count). The van der Waals surface area contributed by atoms with Crippen LogP contribution in [0.2, 0.25) is 0 Å². The molecule has 0 bridgehead atoms. The quantitative estimate of drug-likeness (QED) is 0.284. The largest absolute Gasteiger partial charge is 0.480 e. The number of hydrogen-bond donors (Lipinski definition) is 5. The number of aliphatic carboxylic acids is 1. The maximum atomic E-state index is 13.1. The number of amides is 3. The Kier molecular flexibility index (Phi) is 11.8. The van der Waals surface area contributed by atoms with Crippen molar-refractivity contribution in [1.82, 2.24) is 16.0 Å². The van der Waals surface area contributed by atoms with E-state index in [0.29, 0.717) is 12.2 Å². The third-order valence-electron chi connectivity index (χ3n) is 4.86. The molecule has 0 aliphatic carbocycles. The lowest BCUT2D eigenvalue weighted by Crippen LogP contribution is -2.58. The number of thioether (sulfide) groups is 1. The normalized spacial score (nSPS) is 14.7. The summed E-state index contributed by atoms with van der Waals surface area (Å²) in [7, 11) is 0. The second kappa shape index (κ2) is 13.7. The van der Waals surface area contributed by atoms with Crippen LogP contribution in [0.4, 0.5) is 0 Å². The number of rotatable bonds is 13. The van der Waals surface area contributed by atoms with E-state index in [9.17, 15) is 19.2 Å². The summed E-state index contributed by atoms with van der Waals surface area (Å²) in [5.41, 5.74) is 6.78. The molecule has 0 fully saturated rings. The lowest BCUT2D eigenvalue weighted by atomic mass is 10.0. The van der Waals surface area contributed by atoms with Crippen LogP contribution in [-0.4, -0.2) is 65.0 Å². The molecular formula is C22H34N4O5S. The van der Waals surface area contributed by atoms with Crippen LogP contribution in [0.5, 0.6) is 0 Å². The van der Waals surface area contributed by atoms with Crippen LogP contribution in [0, 0.1) is 5.92 Å². The average Bonchev–Trinajstić information content (AvgIpc) is 2.75. The second-order valence-electron chi connectivity index (χ2n) is 7.94. The fourth-order valence-corrected chi connectivity index (χ4v) is 3.36. The summed E-state index contributed by atoms with van der Waals surface area (Å²) in [5.74, 6) is -2.37. The molecule has 32 heavy (non-hydrogen) atoms. The van der Waals surface area contributed by atoms with Crippen molar-refractivity contribution in [2.24, 2.45) is 11.7 Å². The summed E-state index contributed by atoms with van der Waals surface area (Å²) in [6, 6.07) is 5.40. The van der Waals surface area contributed by atoms with Crippen molar-refractivity contribution in [3.63, 3.8) is 0 Å². The van der Waals surface area contributed by atoms with Crippen molar-refractivity contribution in [1.29, 1.82) is 0 Å². The molecule has 1 aromatic carbocycles. The number of carboxylic acid groups (broad SMARTS) is 1. The van der Waals surface area contributed by atoms with Gasteiger partial charge in [-0.2, -0.15) is 11.8 Å². The first kappa shape index (κ1) is 27.4. The van der Waals surface area contributed by atoms with Gasteiger partial charge in [-0.15, -0.1) is 0 Å². The summed E-state index contributed by atoms with van der Waals surface area (Å²) in [5, 5.41) is 16.8. The van der Waals surface area contributed by atoms with Gasteiger partial charge in [0.15, 0.2) is 0 Å². The highest BCUT2D eigenvalue weighted by Crippen LogP contribution is 2.08. The molecule has 0 aliphatic heterocycles. The number of carbonyl (C=O) groups is 4. The van der Waals surface area contributed by atoms with E-state index in [-0.39, 0.29) is 12.3 Å². The lowest BCUT2D eigenvalue weighted by molar-refractivity contribution is -0.142. The smallest absolute Gasteiger partial charge is 0.325 e. The predicted octanol–water partition coefficient (Wildman–Crippen LogP) is 0.524. The van der Waals surface area contributed by atoms with E-state index < -0.39 is 47.9 Å². The van der Waals surface area contributed by atoms with Crippen LogP contribution >= 0.6 is 11.8 Å². The van der Waals surface area contributed by atoms with Crippen molar-refractivity contribution in [2.45, 2.75) is 57.8 Å². The summed E-state index contributed by atoms with van der Waals surface area (Å²) in [6.07, 6.45) is 2.60. The number of nitrogens with two attached hydrogens (primary N) is 1. The first-order chi connectivity index (χ1) is 15.1. The zero-order chi connectivity index (χ0) is 24.3. The van der Waals surface area contributed by atoms with Gasteiger partial charge in [-0.3, -0.25) is 19.2 Å². The van der Waals surface area contributed by atoms with Gasteiger partial charge in [0, 0.05) is 6.42 Å². The van der Waals surface area contributed by atoms with E-state index in [1.54, 1.807) is 25.6 Å². The first-order valence-electron chi connectivity index (χ1n) is 10.5. The van der Waals surface area contributed by atoms with E-state index >= 15 is 0 Å². The molecule has 178 valence electrons. The number of carboxylic acids is 1. The third kappa shape index (κ3) is 9.27. The highest BCUT2D eigenvalue weighted by Gasteiger charge is 2.31. The first-order valence-corrected chi connectivity index (χ1v) is 11.9. The van der Waals surface area contributed by atoms with Gasteiger partial charge in [0.25, 0.3) is 0 Å². The summed E-state index contributed by atoms with van der Waals surface area (Å²) in [4.78, 5) is 49.3. The molecule has 4 atom stereocenters. The van der Waals surface area contributed by atoms with Gasteiger partial charge >= 0.3 is 5.97 Å². The Balaban J connectivity index is 2.99. The van der Waals surface area contributed by atoms with Crippen LogP contribution in [0.3, 0.4) is 0 Å². The van der Waals surface area contributed by atoms with Crippen LogP contribution in [0.1, 0.15) is 32.8 Å². The van der Waals surface area contributed by atoms with E-state index in [4.69, 9.17) is 10.8 Å². The highest BCUT2D eigenvalue weighted by atomic mass is 32.2. The fraction of sp³-hybridized carbons (Fsp3) is 0.545. The Labute approximate surface area is 193 Å². The zero-order valence-electron chi connectivity index (χ0n) is 19.0. The van der Waals surface area contributed by atoms with Crippen LogP contribution in [0.15, 0.2) is 30.3 Å². The van der Waals surface area contributed by atoms with Crippen molar-refractivity contribution >= 4 is 35.5 Å². The monoisotopic (exact) mass is 466 g/mol. The molecule has 0 heterocycles. The molecular weight excluding hydrogens is 432 g/mol. The number of carbonyl (C=O) groups excluding carboxylic acids is 3. The molecule has 0 aromatic heterocycles. The zero-order valence-corrected chi connectivity index (χ0v) is 19.8. The van der Waals surface area contributed by atoms with Crippen LogP contribution in [0.25, 0.3) is 0 Å². The molecule has 10 heteroatoms. The van der Waals surface area contributed by atoms with Crippen molar-refractivity contribution < 1.29 is 24.3 Å². The molecule has 0 radical (unpaired) electrons. The SMILES string of the molecule is CSCCC(N)C(=O)NC(Cc1ccccc1)C(=O)NC(C(=O)NC(C)C(=O)O)C(C)C. The molecule has 9 nitrogen and oxygen atoms in total. The van der Waals surface area contributed by atoms with Gasteiger partial charge in [-0.05, 0) is 36.8 Å². The maximum absolute atomic E-state index is 13.1. The standard InChI is InChI=1S/C22H34N4O5S/c1-13(2)18(21(29)24-14(3)22(30)31)26-20(28)17(12-15-8-6-5-7-9-15)25-19(27)16(23)10-11-32-4/h5-9,13-14,16-18H,10-12,23H2,1-4H3,(H,24,29)(H,25,27)(H,26,28)(H,30,31). The van der Waals surface area contributed by atoms with Crippen LogP contribution < -0.4 is 21.7 Å². The van der Waals surface area contributed by atoms with E-state index in [2.05, 4.69) is 16.0 Å². The molecule has 6 N–H and O–H groups in total. The van der Waals surface area contributed by atoms with E-state index in [1.807, 2.05) is 36.6 Å². The Morgan fingerprint density at radius 2 is 1.59 bits per heavy atom.